The van der Waals surface area contributed by atoms with Gasteiger partial charge in [-0.3, -0.25) is 5.01 Å². The molecule has 0 aromatic rings. The standard InChI is InChI=1S/C7H16N2O2/c1-7(2)6-9(8-10)4-5-11-3/h7H,4-6H2,1-3H3. The van der Waals surface area contributed by atoms with Crippen LogP contribution in [0.3, 0.4) is 0 Å². The summed E-state index contributed by atoms with van der Waals surface area (Å²) in [6, 6.07) is 0. The first kappa shape index (κ1) is 10.4. The molecule has 0 aromatic heterocycles. The Labute approximate surface area is 67.5 Å². The summed E-state index contributed by atoms with van der Waals surface area (Å²) in [5.41, 5.74) is 0. The highest BCUT2D eigenvalue weighted by Gasteiger charge is 2.03. The minimum atomic E-state index is 0.463. The largest absolute Gasteiger partial charge is 0.383 e. The van der Waals surface area contributed by atoms with Crippen LogP contribution in [0.1, 0.15) is 13.8 Å². The number of hydrogen-bond donors (Lipinski definition) is 0. The van der Waals surface area contributed by atoms with E-state index in [1.807, 2.05) is 13.8 Å². The fraction of sp³-hybridized carbons (Fsp3) is 1.00. The third kappa shape index (κ3) is 5.79. The fourth-order valence-corrected chi connectivity index (χ4v) is 0.784. The van der Waals surface area contributed by atoms with Crippen LogP contribution in [0, 0.1) is 10.8 Å². The summed E-state index contributed by atoms with van der Waals surface area (Å²) in [6.45, 7) is 5.93. The molecule has 0 N–H and O–H groups in total. The van der Waals surface area contributed by atoms with E-state index >= 15 is 0 Å². The second kappa shape index (κ2) is 6.09. The maximum atomic E-state index is 10.2. The van der Waals surface area contributed by atoms with Crippen molar-refractivity contribution < 1.29 is 4.74 Å². The third-order valence-electron chi connectivity index (χ3n) is 1.24. The molecule has 4 nitrogen and oxygen atoms in total. The van der Waals surface area contributed by atoms with Gasteiger partial charge in [0.1, 0.15) is 0 Å². The van der Waals surface area contributed by atoms with E-state index in [0.29, 0.717) is 25.6 Å². The van der Waals surface area contributed by atoms with Gasteiger partial charge in [-0.2, -0.15) is 0 Å². The number of ether oxygens (including phenoxy) is 1. The summed E-state index contributed by atoms with van der Waals surface area (Å²) in [5.74, 6) is 0.463. The van der Waals surface area contributed by atoms with Crippen LogP contribution in [-0.2, 0) is 4.74 Å². The maximum Gasteiger partial charge on any atom is 0.0655 e. The molecule has 0 spiro atoms. The van der Waals surface area contributed by atoms with Crippen LogP contribution in [0.15, 0.2) is 5.29 Å². The predicted octanol–water partition coefficient (Wildman–Crippen LogP) is 1.27. The molecular weight excluding hydrogens is 144 g/mol. The maximum absolute atomic E-state index is 10.2. The van der Waals surface area contributed by atoms with Gasteiger partial charge in [0.15, 0.2) is 0 Å². The highest BCUT2D eigenvalue weighted by molar-refractivity contribution is 4.53. The average molecular weight is 160 g/mol. The van der Waals surface area contributed by atoms with Crippen molar-refractivity contribution in [3.8, 4) is 0 Å². The molecule has 0 aliphatic rings. The SMILES string of the molecule is COCCN(CC(C)C)N=O. The smallest absolute Gasteiger partial charge is 0.0655 e. The van der Waals surface area contributed by atoms with Gasteiger partial charge in [-0.05, 0) is 5.92 Å². The van der Waals surface area contributed by atoms with Crippen molar-refractivity contribution in [1.82, 2.24) is 5.01 Å². The first-order chi connectivity index (χ1) is 5.20. The first-order valence-electron chi connectivity index (χ1n) is 3.77. The van der Waals surface area contributed by atoms with Crippen molar-refractivity contribution in [2.75, 3.05) is 26.8 Å². The number of nitrogens with zero attached hydrogens (tertiary/aromatic N) is 2. The number of rotatable bonds is 6. The minimum Gasteiger partial charge on any atom is -0.383 e. The Morgan fingerprint density at radius 3 is 2.55 bits per heavy atom. The molecule has 4 heteroatoms. The molecule has 0 aliphatic carbocycles. The summed E-state index contributed by atoms with van der Waals surface area (Å²) in [4.78, 5) is 10.2. The van der Waals surface area contributed by atoms with Crippen molar-refractivity contribution in [3.63, 3.8) is 0 Å². The molecule has 0 atom stereocenters. The van der Waals surface area contributed by atoms with Gasteiger partial charge in [0, 0.05) is 13.7 Å². The molecule has 0 saturated heterocycles. The quantitative estimate of drug-likeness (QED) is 0.434. The molecule has 0 radical (unpaired) electrons. The van der Waals surface area contributed by atoms with Crippen LogP contribution in [0.5, 0.6) is 0 Å². The Hall–Kier alpha value is -0.640. The molecular formula is C7H16N2O2. The van der Waals surface area contributed by atoms with E-state index in [0.717, 1.165) is 0 Å². The second-order valence-corrected chi connectivity index (χ2v) is 2.88. The van der Waals surface area contributed by atoms with Gasteiger partial charge >= 0.3 is 0 Å². The predicted molar refractivity (Wildman–Crippen MR) is 44.1 cm³/mol. The Bertz CT molecular complexity index is 107. The van der Waals surface area contributed by atoms with Crippen molar-refractivity contribution in [2.45, 2.75) is 13.8 Å². The summed E-state index contributed by atoms with van der Waals surface area (Å²) in [7, 11) is 1.61. The molecule has 0 bridgehead atoms. The molecule has 0 unspecified atom stereocenters. The van der Waals surface area contributed by atoms with Crippen molar-refractivity contribution in [1.29, 1.82) is 0 Å². The first-order valence-corrected chi connectivity index (χ1v) is 3.77. The van der Waals surface area contributed by atoms with E-state index in [1.54, 1.807) is 7.11 Å². The van der Waals surface area contributed by atoms with Gasteiger partial charge < -0.3 is 4.74 Å². The average Bonchev–Trinajstić information content (AvgIpc) is 1.97. The second-order valence-electron chi connectivity index (χ2n) is 2.88. The lowest BCUT2D eigenvalue weighted by Gasteiger charge is -2.16. The molecule has 66 valence electrons. The summed E-state index contributed by atoms with van der Waals surface area (Å²) in [6.07, 6.45) is 0. The van der Waals surface area contributed by atoms with E-state index in [1.165, 1.54) is 5.01 Å². The van der Waals surface area contributed by atoms with E-state index in [-0.39, 0.29) is 0 Å². The van der Waals surface area contributed by atoms with Crippen molar-refractivity contribution >= 4 is 0 Å². The normalized spacial score (nSPS) is 10.2. The van der Waals surface area contributed by atoms with Crippen LogP contribution < -0.4 is 0 Å². The van der Waals surface area contributed by atoms with E-state index < -0.39 is 0 Å². The van der Waals surface area contributed by atoms with Crippen LogP contribution in [0.4, 0.5) is 0 Å². The topological polar surface area (TPSA) is 41.9 Å². The summed E-state index contributed by atoms with van der Waals surface area (Å²) in [5, 5.41) is 4.35. The van der Waals surface area contributed by atoms with Gasteiger partial charge in [0.25, 0.3) is 0 Å². The Morgan fingerprint density at radius 1 is 1.55 bits per heavy atom. The van der Waals surface area contributed by atoms with Gasteiger partial charge in [-0.25, -0.2) is 0 Å². The summed E-state index contributed by atoms with van der Waals surface area (Å²) >= 11 is 0. The number of nitroso groups, excluding NO2 is 1. The third-order valence-corrected chi connectivity index (χ3v) is 1.24. The van der Waals surface area contributed by atoms with E-state index in [2.05, 4.69) is 5.29 Å². The molecule has 0 aliphatic heterocycles. The van der Waals surface area contributed by atoms with E-state index in [9.17, 15) is 4.91 Å². The van der Waals surface area contributed by atoms with Crippen LogP contribution >= 0.6 is 0 Å². The van der Waals surface area contributed by atoms with Gasteiger partial charge in [-0.15, -0.1) is 4.91 Å². The Balaban J connectivity index is 3.49. The fourth-order valence-electron chi connectivity index (χ4n) is 0.784. The zero-order valence-electron chi connectivity index (χ0n) is 7.41. The molecule has 0 rings (SSSR count). The highest BCUT2D eigenvalue weighted by Crippen LogP contribution is 1.97. The zero-order chi connectivity index (χ0) is 8.69. The molecule has 0 aromatic carbocycles. The summed E-state index contributed by atoms with van der Waals surface area (Å²) < 4.78 is 4.82. The zero-order valence-corrected chi connectivity index (χ0v) is 7.41. The highest BCUT2D eigenvalue weighted by atomic mass is 16.5. The van der Waals surface area contributed by atoms with Crippen molar-refractivity contribution in [3.05, 3.63) is 4.91 Å². The van der Waals surface area contributed by atoms with Gasteiger partial charge in [0.05, 0.1) is 18.4 Å². The number of methoxy groups -OCH3 is 1. The lowest BCUT2D eigenvalue weighted by atomic mass is 10.2. The lowest BCUT2D eigenvalue weighted by Crippen LogP contribution is -2.25. The van der Waals surface area contributed by atoms with Crippen LogP contribution in [0.25, 0.3) is 0 Å². The molecule has 0 heterocycles. The molecule has 11 heavy (non-hydrogen) atoms. The van der Waals surface area contributed by atoms with E-state index in [4.69, 9.17) is 4.74 Å². The monoisotopic (exact) mass is 160 g/mol. The molecule has 0 amide bonds. The number of hydrogen-bond acceptors (Lipinski definition) is 3. The Kier molecular flexibility index (Phi) is 5.74. The van der Waals surface area contributed by atoms with Crippen LogP contribution in [0.2, 0.25) is 0 Å². The van der Waals surface area contributed by atoms with Gasteiger partial charge in [0.2, 0.25) is 0 Å². The lowest BCUT2D eigenvalue weighted by molar-refractivity contribution is 0.141. The van der Waals surface area contributed by atoms with Gasteiger partial charge in [-0.1, -0.05) is 13.8 Å². The van der Waals surface area contributed by atoms with Crippen LogP contribution in [-0.4, -0.2) is 31.8 Å². The molecule has 0 fully saturated rings. The van der Waals surface area contributed by atoms with Crippen molar-refractivity contribution in [2.24, 2.45) is 11.2 Å². The Morgan fingerprint density at radius 2 is 2.18 bits per heavy atom. The minimum absolute atomic E-state index is 0.463. The molecule has 0 saturated carbocycles.